The Morgan fingerprint density at radius 2 is 2.25 bits per heavy atom. The van der Waals surface area contributed by atoms with Crippen LogP contribution in [0.3, 0.4) is 0 Å². The molecule has 3 N–H and O–H groups in total. The summed E-state index contributed by atoms with van der Waals surface area (Å²) in [6.07, 6.45) is 1.65. The molecular weight excluding hydrogens is 224 g/mol. The number of anilines is 1. The van der Waals surface area contributed by atoms with Crippen LogP contribution in [0.5, 0.6) is 0 Å². The predicted octanol–water partition coefficient (Wildman–Crippen LogP) is 2.40. The second kappa shape index (κ2) is 3.94. The molecule has 4 nitrogen and oxygen atoms in total. The number of aryl methyl sites for hydroxylation is 1. The van der Waals surface area contributed by atoms with Crippen molar-refractivity contribution in [3.8, 4) is 10.4 Å². The minimum Gasteiger partial charge on any atom is -0.477 e. The summed E-state index contributed by atoms with van der Waals surface area (Å²) in [7, 11) is 0. The Hall–Kier alpha value is -1.88. The number of aromatic carboxylic acids is 1. The highest BCUT2D eigenvalue weighted by molar-refractivity contribution is 7.17. The SMILES string of the molecule is Cc1cc(-c2ccc(N)nc2)sc1C(=O)O. The summed E-state index contributed by atoms with van der Waals surface area (Å²) >= 11 is 1.25. The zero-order valence-corrected chi connectivity index (χ0v) is 9.41. The van der Waals surface area contributed by atoms with E-state index in [1.54, 1.807) is 19.2 Å². The van der Waals surface area contributed by atoms with E-state index >= 15 is 0 Å². The first-order chi connectivity index (χ1) is 7.58. The number of aromatic nitrogens is 1. The fourth-order valence-electron chi connectivity index (χ4n) is 1.39. The van der Waals surface area contributed by atoms with Crippen LogP contribution in [0.25, 0.3) is 10.4 Å². The van der Waals surface area contributed by atoms with Crippen LogP contribution in [0.4, 0.5) is 5.82 Å². The Balaban J connectivity index is 2.45. The number of nitrogens with two attached hydrogens (primary N) is 1. The molecule has 2 aromatic rings. The number of rotatable bonds is 2. The number of nitrogen functional groups attached to an aromatic ring is 1. The first-order valence-corrected chi connectivity index (χ1v) is 5.45. The monoisotopic (exact) mass is 234 g/mol. The average molecular weight is 234 g/mol. The van der Waals surface area contributed by atoms with E-state index in [1.807, 2.05) is 12.1 Å². The van der Waals surface area contributed by atoms with Crippen LogP contribution in [0.1, 0.15) is 15.2 Å². The molecule has 16 heavy (non-hydrogen) atoms. The van der Waals surface area contributed by atoms with E-state index in [9.17, 15) is 4.79 Å². The number of carboxylic acid groups (broad SMARTS) is 1. The van der Waals surface area contributed by atoms with Crippen molar-refractivity contribution >= 4 is 23.1 Å². The number of thiophene rings is 1. The molecule has 0 saturated heterocycles. The topological polar surface area (TPSA) is 76.2 Å². The van der Waals surface area contributed by atoms with E-state index in [1.165, 1.54) is 11.3 Å². The van der Waals surface area contributed by atoms with Gasteiger partial charge in [-0.1, -0.05) is 0 Å². The Bertz CT molecular complexity index is 531. The molecule has 0 radical (unpaired) electrons. The van der Waals surface area contributed by atoms with Crippen molar-refractivity contribution in [1.29, 1.82) is 0 Å². The summed E-state index contributed by atoms with van der Waals surface area (Å²) in [5, 5.41) is 8.94. The summed E-state index contributed by atoms with van der Waals surface area (Å²) in [6.45, 7) is 1.79. The summed E-state index contributed by atoms with van der Waals surface area (Å²) in [5.74, 6) is -0.437. The van der Waals surface area contributed by atoms with Gasteiger partial charge in [0.1, 0.15) is 10.7 Å². The van der Waals surface area contributed by atoms with Crippen LogP contribution in [-0.4, -0.2) is 16.1 Å². The van der Waals surface area contributed by atoms with E-state index in [4.69, 9.17) is 10.8 Å². The van der Waals surface area contributed by atoms with Crippen LogP contribution in [-0.2, 0) is 0 Å². The van der Waals surface area contributed by atoms with Crippen molar-refractivity contribution in [2.24, 2.45) is 0 Å². The largest absolute Gasteiger partial charge is 0.477 e. The fraction of sp³-hybridized carbons (Fsp3) is 0.0909. The van der Waals surface area contributed by atoms with Gasteiger partial charge in [0.2, 0.25) is 0 Å². The average Bonchev–Trinajstić information content (AvgIpc) is 2.61. The summed E-state index contributed by atoms with van der Waals surface area (Å²) in [5.41, 5.74) is 7.14. The van der Waals surface area contributed by atoms with Gasteiger partial charge in [0.25, 0.3) is 0 Å². The highest BCUT2D eigenvalue weighted by Gasteiger charge is 2.13. The number of pyridine rings is 1. The van der Waals surface area contributed by atoms with Gasteiger partial charge in [-0.25, -0.2) is 9.78 Å². The van der Waals surface area contributed by atoms with Gasteiger partial charge >= 0.3 is 5.97 Å². The van der Waals surface area contributed by atoms with E-state index in [2.05, 4.69) is 4.98 Å². The standard InChI is InChI=1S/C11H10N2O2S/c1-6-4-8(16-10(6)11(14)15)7-2-3-9(12)13-5-7/h2-5H,1H3,(H2,12,13)(H,14,15). The lowest BCUT2D eigenvalue weighted by atomic mass is 10.2. The fourth-order valence-corrected chi connectivity index (χ4v) is 2.39. The Kier molecular flexibility index (Phi) is 2.62. The lowest BCUT2D eigenvalue weighted by Gasteiger charge is -1.96. The highest BCUT2D eigenvalue weighted by Crippen LogP contribution is 2.30. The van der Waals surface area contributed by atoms with Crippen molar-refractivity contribution in [2.75, 3.05) is 5.73 Å². The van der Waals surface area contributed by atoms with Gasteiger partial charge in [-0.05, 0) is 30.7 Å². The second-order valence-electron chi connectivity index (χ2n) is 3.40. The normalized spacial score (nSPS) is 10.3. The molecule has 2 rings (SSSR count). The molecule has 0 aliphatic carbocycles. The van der Waals surface area contributed by atoms with E-state index < -0.39 is 5.97 Å². The van der Waals surface area contributed by atoms with E-state index in [-0.39, 0.29) is 0 Å². The van der Waals surface area contributed by atoms with Gasteiger partial charge in [0.15, 0.2) is 0 Å². The molecule has 0 unspecified atom stereocenters. The van der Waals surface area contributed by atoms with Crippen molar-refractivity contribution in [1.82, 2.24) is 4.98 Å². The smallest absolute Gasteiger partial charge is 0.346 e. The molecule has 0 spiro atoms. The summed E-state index contributed by atoms with van der Waals surface area (Å²) in [4.78, 5) is 16.1. The Labute approximate surface area is 96.4 Å². The number of hydrogen-bond acceptors (Lipinski definition) is 4. The number of carboxylic acids is 1. The maximum Gasteiger partial charge on any atom is 0.346 e. The number of carbonyl (C=O) groups is 1. The molecule has 5 heteroatoms. The van der Waals surface area contributed by atoms with E-state index in [0.29, 0.717) is 10.7 Å². The maximum absolute atomic E-state index is 10.9. The molecule has 82 valence electrons. The quantitative estimate of drug-likeness (QED) is 0.836. The van der Waals surface area contributed by atoms with Gasteiger partial charge in [-0.2, -0.15) is 0 Å². The van der Waals surface area contributed by atoms with Gasteiger partial charge in [0.05, 0.1) is 0 Å². The molecule has 0 atom stereocenters. The van der Waals surface area contributed by atoms with Crippen molar-refractivity contribution in [2.45, 2.75) is 6.92 Å². The highest BCUT2D eigenvalue weighted by atomic mass is 32.1. The molecule has 0 aliphatic rings. The number of hydrogen-bond donors (Lipinski definition) is 2. The molecule has 2 aromatic heterocycles. The molecule has 2 heterocycles. The summed E-state index contributed by atoms with van der Waals surface area (Å²) < 4.78 is 0. The van der Waals surface area contributed by atoms with Gasteiger partial charge < -0.3 is 10.8 Å². The van der Waals surface area contributed by atoms with E-state index in [0.717, 1.165) is 16.0 Å². The predicted molar refractivity (Wildman–Crippen MR) is 63.7 cm³/mol. The minimum absolute atomic E-state index is 0.367. The molecule has 0 aromatic carbocycles. The zero-order chi connectivity index (χ0) is 11.7. The molecule has 0 saturated carbocycles. The Morgan fingerprint density at radius 1 is 1.50 bits per heavy atom. The maximum atomic E-state index is 10.9. The van der Waals surface area contributed by atoms with Crippen molar-refractivity contribution in [3.05, 3.63) is 34.8 Å². The molecule has 0 aliphatic heterocycles. The minimum atomic E-state index is -0.892. The van der Waals surface area contributed by atoms with Crippen LogP contribution >= 0.6 is 11.3 Å². The van der Waals surface area contributed by atoms with Crippen LogP contribution < -0.4 is 5.73 Å². The zero-order valence-electron chi connectivity index (χ0n) is 8.60. The van der Waals surface area contributed by atoms with Crippen LogP contribution in [0.15, 0.2) is 24.4 Å². The third-order valence-corrected chi connectivity index (χ3v) is 3.46. The van der Waals surface area contributed by atoms with Crippen LogP contribution in [0.2, 0.25) is 0 Å². The van der Waals surface area contributed by atoms with Crippen LogP contribution in [0, 0.1) is 6.92 Å². The molecular formula is C11H10N2O2S. The van der Waals surface area contributed by atoms with Crippen molar-refractivity contribution in [3.63, 3.8) is 0 Å². The lowest BCUT2D eigenvalue weighted by Crippen LogP contribution is -1.93. The first kappa shape index (κ1) is 10.6. The van der Waals surface area contributed by atoms with Gasteiger partial charge in [-0.3, -0.25) is 0 Å². The molecule has 0 amide bonds. The second-order valence-corrected chi connectivity index (χ2v) is 4.45. The van der Waals surface area contributed by atoms with Crippen molar-refractivity contribution < 1.29 is 9.90 Å². The summed E-state index contributed by atoms with van der Waals surface area (Å²) in [6, 6.07) is 5.38. The van der Waals surface area contributed by atoms with Gasteiger partial charge in [-0.15, -0.1) is 11.3 Å². The lowest BCUT2D eigenvalue weighted by molar-refractivity contribution is 0.0701. The third kappa shape index (κ3) is 1.90. The number of nitrogens with zero attached hydrogens (tertiary/aromatic N) is 1. The molecule has 0 bridgehead atoms. The Morgan fingerprint density at radius 3 is 2.75 bits per heavy atom. The molecule has 0 fully saturated rings. The third-order valence-electron chi connectivity index (χ3n) is 2.18. The first-order valence-electron chi connectivity index (χ1n) is 4.63. The van der Waals surface area contributed by atoms with Gasteiger partial charge in [0, 0.05) is 16.6 Å².